The van der Waals surface area contributed by atoms with Crippen LogP contribution in [0.4, 0.5) is 8.78 Å². The summed E-state index contributed by atoms with van der Waals surface area (Å²) in [4.78, 5) is 17.5. The number of carboxylic acids is 1. The quantitative estimate of drug-likeness (QED) is 0.499. The first-order valence-corrected chi connectivity index (χ1v) is 9.26. The van der Waals surface area contributed by atoms with Gasteiger partial charge in [0.15, 0.2) is 5.65 Å². The summed E-state index contributed by atoms with van der Waals surface area (Å²) in [6, 6.07) is 11.3. The summed E-state index contributed by atoms with van der Waals surface area (Å²) < 4.78 is 29.1. The van der Waals surface area contributed by atoms with Crippen LogP contribution in [0, 0.1) is 13.8 Å². The molecule has 0 saturated carbocycles. The molecular formula is C20H15F2N3O2S. The molecule has 3 heterocycles. The molecule has 0 amide bonds. The molecule has 0 aliphatic carbocycles. The van der Waals surface area contributed by atoms with E-state index in [1.807, 2.05) is 19.1 Å². The number of hydrogen-bond donors (Lipinski definition) is 1. The Bertz CT molecular complexity index is 1200. The van der Waals surface area contributed by atoms with Crippen LogP contribution in [0.2, 0.25) is 0 Å². The van der Waals surface area contributed by atoms with Crippen LogP contribution in [-0.4, -0.2) is 25.8 Å². The highest BCUT2D eigenvalue weighted by molar-refractivity contribution is 7.15. The lowest BCUT2D eigenvalue weighted by Gasteiger charge is -2.08. The third-order valence-electron chi connectivity index (χ3n) is 4.43. The Morgan fingerprint density at radius 2 is 1.86 bits per heavy atom. The average Bonchev–Trinajstić information content (AvgIpc) is 3.24. The standard InChI is InChI=1S/C20H15F2N3O2S/c1-10-3-8-16(28-10)15-9-14(18(21)22)17-11(2)24-25(19(17)23-15)13-6-4-12(5-7-13)20(26)27/h3-9,18H,1-2H3,(H,26,27). The van der Waals surface area contributed by atoms with E-state index in [0.717, 1.165) is 9.75 Å². The third kappa shape index (κ3) is 3.05. The number of aryl methyl sites for hydroxylation is 2. The molecule has 0 radical (unpaired) electrons. The maximum atomic E-state index is 13.8. The summed E-state index contributed by atoms with van der Waals surface area (Å²) in [6.45, 7) is 3.60. The second kappa shape index (κ2) is 6.79. The zero-order valence-corrected chi connectivity index (χ0v) is 15.8. The van der Waals surface area contributed by atoms with E-state index in [9.17, 15) is 13.6 Å². The van der Waals surface area contributed by atoms with Gasteiger partial charge in [-0.1, -0.05) is 0 Å². The number of carboxylic acid groups (broad SMARTS) is 1. The molecule has 0 aliphatic heterocycles. The van der Waals surface area contributed by atoms with E-state index >= 15 is 0 Å². The van der Waals surface area contributed by atoms with Crippen LogP contribution in [-0.2, 0) is 0 Å². The SMILES string of the molecule is Cc1ccc(-c2cc(C(F)F)c3c(C)nn(-c4ccc(C(=O)O)cc4)c3n2)s1. The van der Waals surface area contributed by atoms with Crippen LogP contribution in [0.15, 0.2) is 42.5 Å². The van der Waals surface area contributed by atoms with E-state index in [2.05, 4.69) is 10.1 Å². The molecule has 0 fully saturated rings. The molecule has 4 aromatic rings. The highest BCUT2D eigenvalue weighted by Gasteiger charge is 2.22. The number of alkyl halides is 2. The van der Waals surface area contributed by atoms with Gasteiger partial charge in [-0.3, -0.25) is 0 Å². The van der Waals surface area contributed by atoms with Gasteiger partial charge in [0.1, 0.15) is 0 Å². The number of rotatable bonds is 4. The molecule has 0 spiro atoms. The van der Waals surface area contributed by atoms with Crippen molar-refractivity contribution in [2.24, 2.45) is 0 Å². The number of fused-ring (bicyclic) bond motifs is 1. The monoisotopic (exact) mass is 399 g/mol. The van der Waals surface area contributed by atoms with E-state index in [1.54, 1.807) is 19.1 Å². The maximum Gasteiger partial charge on any atom is 0.335 e. The number of hydrogen-bond acceptors (Lipinski definition) is 4. The Morgan fingerprint density at radius 1 is 1.14 bits per heavy atom. The number of aromatic nitrogens is 3. The molecule has 8 heteroatoms. The Hall–Kier alpha value is -3.13. The van der Waals surface area contributed by atoms with Crippen LogP contribution in [0.5, 0.6) is 0 Å². The summed E-state index contributed by atoms with van der Waals surface area (Å²) in [5, 5.41) is 13.8. The molecule has 0 unspecified atom stereocenters. The van der Waals surface area contributed by atoms with Crippen molar-refractivity contribution in [3.63, 3.8) is 0 Å². The first-order valence-electron chi connectivity index (χ1n) is 8.44. The summed E-state index contributed by atoms with van der Waals surface area (Å²) in [5.41, 5.74) is 1.79. The van der Waals surface area contributed by atoms with Gasteiger partial charge >= 0.3 is 5.97 Å². The van der Waals surface area contributed by atoms with Gasteiger partial charge in [-0.25, -0.2) is 23.2 Å². The highest BCUT2D eigenvalue weighted by atomic mass is 32.1. The fraction of sp³-hybridized carbons (Fsp3) is 0.150. The topological polar surface area (TPSA) is 68.0 Å². The average molecular weight is 399 g/mol. The molecular weight excluding hydrogens is 384 g/mol. The number of thiophene rings is 1. The van der Waals surface area contributed by atoms with Gasteiger partial charge in [-0.05, 0) is 56.3 Å². The molecule has 3 aromatic heterocycles. The Kier molecular flexibility index (Phi) is 4.43. The zero-order chi connectivity index (χ0) is 20.0. The predicted molar refractivity (Wildman–Crippen MR) is 104 cm³/mol. The Balaban J connectivity index is 1.97. The van der Waals surface area contributed by atoms with Gasteiger partial charge in [0.05, 0.1) is 32.9 Å². The zero-order valence-electron chi connectivity index (χ0n) is 15.0. The van der Waals surface area contributed by atoms with Crippen LogP contribution in [0.1, 0.15) is 32.9 Å². The first-order chi connectivity index (χ1) is 13.3. The van der Waals surface area contributed by atoms with Gasteiger partial charge in [0.25, 0.3) is 6.43 Å². The summed E-state index contributed by atoms with van der Waals surface area (Å²) in [6.07, 6.45) is -2.67. The van der Waals surface area contributed by atoms with Crippen molar-refractivity contribution in [1.82, 2.24) is 14.8 Å². The van der Waals surface area contributed by atoms with Crippen molar-refractivity contribution in [3.8, 4) is 16.3 Å². The number of benzene rings is 1. The molecule has 0 atom stereocenters. The number of carbonyl (C=O) groups is 1. The molecule has 0 bridgehead atoms. The number of nitrogens with zero attached hydrogens (tertiary/aromatic N) is 3. The summed E-state index contributed by atoms with van der Waals surface area (Å²) in [7, 11) is 0. The summed E-state index contributed by atoms with van der Waals surface area (Å²) in [5.74, 6) is -1.04. The lowest BCUT2D eigenvalue weighted by Crippen LogP contribution is -2.01. The number of pyridine rings is 1. The fourth-order valence-electron chi connectivity index (χ4n) is 3.12. The minimum Gasteiger partial charge on any atom is -0.478 e. The minimum absolute atomic E-state index is 0.114. The summed E-state index contributed by atoms with van der Waals surface area (Å²) >= 11 is 1.48. The molecule has 4 rings (SSSR count). The highest BCUT2D eigenvalue weighted by Crippen LogP contribution is 2.35. The van der Waals surface area contributed by atoms with E-state index in [4.69, 9.17) is 5.11 Å². The maximum absolute atomic E-state index is 13.8. The second-order valence-electron chi connectivity index (χ2n) is 6.36. The molecule has 0 aliphatic rings. The molecule has 142 valence electrons. The smallest absolute Gasteiger partial charge is 0.335 e. The van der Waals surface area contributed by atoms with Gasteiger partial charge in [-0.2, -0.15) is 5.10 Å². The minimum atomic E-state index is -2.67. The van der Waals surface area contributed by atoms with E-state index in [0.29, 0.717) is 28.1 Å². The molecule has 0 saturated heterocycles. The largest absolute Gasteiger partial charge is 0.478 e. The van der Waals surface area contributed by atoms with Crippen molar-refractivity contribution in [2.45, 2.75) is 20.3 Å². The fourth-order valence-corrected chi connectivity index (χ4v) is 3.95. The lowest BCUT2D eigenvalue weighted by atomic mass is 10.1. The van der Waals surface area contributed by atoms with E-state index in [-0.39, 0.29) is 11.1 Å². The van der Waals surface area contributed by atoms with Crippen LogP contribution >= 0.6 is 11.3 Å². The van der Waals surface area contributed by atoms with Gasteiger partial charge in [-0.15, -0.1) is 11.3 Å². The molecule has 1 N–H and O–H groups in total. The van der Waals surface area contributed by atoms with Crippen molar-refractivity contribution in [3.05, 3.63) is 64.2 Å². The second-order valence-corrected chi connectivity index (χ2v) is 7.64. The lowest BCUT2D eigenvalue weighted by molar-refractivity contribution is 0.0697. The van der Waals surface area contributed by atoms with Crippen LogP contribution in [0.3, 0.4) is 0 Å². The van der Waals surface area contributed by atoms with Crippen LogP contribution in [0.25, 0.3) is 27.3 Å². The van der Waals surface area contributed by atoms with Crippen molar-refractivity contribution < 1.29 is 18.7 Å². The van der Waals surface area contributed by atoms with Crippen molar-refractivity contribution in [1.29, 1.82) is 0 Å². The van der Waals surface area contributed by atoms with Gasteiger partial charge in [0, 0.05) is 10.4 Å². The molecule has 5 nitrogen and oxygen atoms in total. The molecule has 28 heavy (non-hydrogen) atoms. The van der Waals surface area contributed by atoms with Gasteiger partial charge < -0.3 is 5.11 Å². The van der Waals surface area contributed by atoms with E-state index in [1.165, 1.54) is 34.2 Å². The first kappa shape index (κ1) is 18.2. The predicted octanol–water partition coefficient (Wildman–Crippen LogP) is 5.40. The normalized spacial score (nSPS) is 11.5. The van der Waals surface area contributed by atoms with Crippen molar-refractivity contribution in [2.75, 3.05) is 0 Å². The van der Waals surface area contributed by atoms with Crippen LogP contribution < -0.4 is 0 Å². The number of aromatic carboxylic acids is 1. The molecule has 1 aromatic carbocycles. The van der Waals surface area contributed by atoms with Gasteiger partial charge in [0.2, 0.25) is 0 Å². The third-order valence-corrected chi connectivity index (χ3v) is 5.45. The Morgan fingerprint density at radius 3 is 2.43 bits per heavy atom. The van der Waals surface area contributed by atoms with E-state index < -0.39 is 12.4 Å². The Labute approximate surface area is 162 Å². The van der Waals surface area contributed by atoms with Crippen molar-refractivity contribution >= 4 is 28.3 Å². The number of halogens is 2.